The molecule has 0 atom stereocenters. The van der Waals surface area contributed by atoms with E-state index in [1.54, 1.807) is 12.0 Å². The monoisotopic (exact) mass is 270 g/mol. The van der Waals surface area contributed by atoms with Gasteiger partial charge in [-0.15, -0.1) is 0 Å². The molecule has 2 heterocycles. The highest BCUT2D eigenvalue weighted by atomic mass is 19.2. The average molecular weight is 270 g/mol. The second-order valence-electron chi connectivity index (χ2n) is 4.65. The van der Waals surface area contributed by atoms with Crippen LogP contribution in [0, 0.1) is 17.7 Å². The summed E-state index contributed by atoms with van der Waals surface area (Å²) in [6.45, 7) is 1.74. The van der Waals surface area contributed by atoms with Crippen molar-refractivity contribution in [2.45, 2.75) is 12.8 Å². The van der Waals surface area contributed by atoms with E-state index < -0.39 is 17.7 Å². The van der Waals surface area contributed by atoms with E-state index in [2.05, 4.69) is 4.98 Å². The number of carbonyl (C=O) groups excluding carboxylic acids is 1. The third kappa shape index (κ3) is 3.07. The summed E-state index contributed by atoms with van der Waals surface area (Å²) in [5.41, 5.74) is -0.252. The first-order valence-electron chi connectivity index (χ1n) is 6.21. The zero-order valence-electron chi connectivity index (χ0n) is 10.7. The zero-order chi connectivity index (χ0) is 13.8. The first-order chi connectivity index (χ1) is 9.13. The number of methoxy groups -OCH3 is 1. The number of aromatic nitrogens is 1. The molecule has 1 aliphatic heterocycles. The van der Waals surface area contributed by atoms with Crippen LogP contribution in [0.4, 0.5) is 8.78 Å². The molecule has 0 bridgehead atoms. The van der Waals surface area contributed by atoms with Gasteiger partial charge < -0.3 is 9.64 Å². The van der Waals surface area contributed by atoms with Crippen molar-refractivity contribution in [1.82, 2.24) is 9.88 Å². The van der Waals surface area contributed by atoms with Gasteiger partial charge in [-0.05, 0) is 24.8 Å². The van der Waals surface area contributed by atoms with Gasteiger partial charge in [-0.25, -0.2) is 9.37 Å². The number of piperidine rings is 1. The summed E-state index contributed by atoms with van der Waals surface area (Å²) >= 11 is 0. The number of carbonyl (C=O) groups is 1. The summed E-state index contributed by atoms with van der Waals surface area (Å²) < 4.78 is 31.6. The lowest BCUT2D eigenvalue weighted by molar-refractivity contribution is 0.0608. The molecule has 0 spiro atoms. The normalized spacial score (nSPS) is 16.7. The molecule has 6 heteroatoms. The van der Waals surface area contributed by atoms with E-state index in [1.165, 1.54) is 6.07 Å². The Labute approximate surface area is 110 Å². The summed E-state index contributed by atoms with van der Waals surface area (Å²) in [7, 11) is 1.65. The van der Waals surface area contributed by atoms with Crippen LogP contribution in [-0.4, -0.2) is 42.6 Å². The number of amides is 1. The molecule has 1 fully saturated rings. The van der Waals surface area contributed by atoms with E-state index >= 15 is 0 Å². The van der Waals surface area contributed by atoms with Gasteiger partial charge in [0.25, 0.3) is 5.91 Å². The van der Waals surface area contributed by atoms with E-state index in [0.29, 0.717) is 25.6 Å². The topological polar surface area (TPSA) is 42.4 Å². The second-order valence-corrected chi connectivity index (χ2v) is 4.65. The molecule has 0 aromatic carbocycles. The van der Waals surface area contributed by atoms with Crippen molar-refractivity contribution in [3.63, 3.8) is 0 Å². The fourth-order valence-corrected chi connectivity index (χ4v) is 2.29. The average Bonchev–Trinajstić information content (AvgIpc) is 2.42. The highest BCUT2D eigenvalue weighted by Crippen LogP contribution is 2.20. The van der Waals surface area contributed by atoms with Gasteiger partial charge in [0, 0.05) is 33.0 Å². The highest BCUT2D eigenvalue weighted by molar-refractivity contribution is 5.94. The fourth-order valence-electron chi connectivity index (χ4n) is 2.29. The molecule has 1 aliphatic rings. The van der Waals surface area contributed by atoms with Gasteiger partial charge in [0.2, 0.25) is 5.95 Å². The number of halogens is 2. The van der Waals surface area contributed by atoms with Crippen molar-refractivity contribution in [3.8, 4) is 0 Å². The molecular weight excluding hydrogens is 254 g/mol. The summed E-state index contributed by atoms with van der Waals surface area (Å²) in [5, 5.41) is 0. The highest BCUT2D eigenvalue weighted by Gasteiger charge is 2.26. The van der Waals surface area contributed by atoms with Crippen LogP contribution >= 0.6 is 0 Å². The number of ether oxygens (including phenoxy) is 1. The lowest BCUT2D eigenvalue weighted by Gasteiger charge is -2.31. The van der Waals surface area contributed by atoms with Crippen LogP contribution in [0.2, 0.25) is 0 Å². The maximum Gasteiger partial charge on any atom is 0.257 e. The minimum absolute atomic E-state index is 0.252. The molecule has 4 nitrogen and oxygen atoms in total. The Kier molecular flexibility index (Phi) is 4.42. The number of likely N-dealkylation sites (tertiary alicyclic amines) is 1. The maximum atomic E-state index is 13.5. The van der Waals surface area contributed by atoms with Gasteiger partial charge in [-0.1, -0.05) is 0 Å². The molecule has 1 amide bonds. The molecule has 1 aromatic rings. The SMILES string of the molecule is COCC1CCN(C(=O)c2ccnc(F)c2F)CC1. The zero-order valence-corrected chi connectivity index (χ0v) is 10.7. The Morgan fingerprint density at radius 2 is 2.16 bits per heavy atom. The summed E-state index contributed by atoms with van der Waals surface area (Å²) in [6, 6.07) is 1.21. The van der Waals surface area contributed by atoms with Crippen molar-refractivity contribution in [1.29, 1.82) is 0 Å². The summed E-state index contributed by atoms with van der Waals surface area (Å²) in [5.74, 6) is -2.46. The number of rotatable bonds is 3. The van der Waals surface area contributed by atoms with Gasteiger partial charge in [0.05, 0.1) is 5.56 Å². The molecule has 0 saturated carbocycles. The van der Waals surface area contributed by atoms with E-state index in [-0.39, 0.29) is 5.56 Å². The Bertz CT molecular complexity index is 460. The fraction of sp³-hybridized carbons (Fsp3) is 0.538. The Morgan fingerprint density at radius 3 is 2.79 bits per heavy atom. The van der Waals surface area contributed by atoms with E-state index in [4.69, 9.17) is 4.74 Å². The van der Waals surface area contributed by atoms with Gasteiger partial charge >= 0.3 is 0 Å². The summed E-state index contributed by atoms with van der Waals surface area (Å²) in [6.07, 6.45) is 2.73. The minimum atomic E-state index is -1.24. The molecule has 0 N–H and O–H groups in total. The van der Waals surface area contributed by atoms with Gasteiger partial charge in [0.15, 0.2) is 5.82 Å². The quantitative estimate of drug-likeness (QED) is 0.787. The number of hydrogen-bond acceptors (Lipinski definition) is 3. The lowest BCUT2D eigenvalue weighted by Crippen LogP contribution is -2.39. The molecule has 0 radical (unpaired) electrons. The van der Waals surface area contributed by atoms with Crippen LogP contribution in [0.3, 0.4) is 0 Å². The number of hydrogen-bond donors (Lipinski definition) is 0. The maximum absolute atomic E-state index is 13.5. The van der Waals surface area contributed by atoms with Crippen molar-refractivity contribution in [3.05, 3.63) is 29.6 Å². The molecular formula is C13H16F2N2O2. The third-order valence-electron chi connectivity index (χ3n) is 3.38. The lowest BCUT2D eigenvalue weighted by atomic mass is 9.97. The van der Waals surface area contributed by atoms with E-state index in [0.717, 1.165) is 19.0 Å². The second kappa shape index (κ2) is 6.06. The predicted molar refractivity (Wildman–Crippen MR) is 64.7 cm³/mol. The van der Waals surface area contributed by atoms with Crippen molar-refractivity contribution in [2.75, 3.05) is 26.8 Å². The van der Waals surface area contributed by atoms with E-state index in [1.807, 2.05) is 0 Å². The molecule has 1 aromatic heterocycles. The Balaban J connectivity index is 2.03. The predicted octanol–water partition coefficient (Wildman–Crippen LogP) is 1.86. The third-order valence-corrected chi connectivity index (χ3v) is 3.38. The molecule has 0 unspecified atom stereocenters. The smallest absolute Gasteiger partial charge is 0.257 e. The standard InChI is InChI=1S/C13H16F2N2O2/c1-19-8-9-3-6-17(7-4-9)13(18)10-2-5-16-12(15)11(10)14/h2,5,9H,3-4,6-8H2,1H3. The van der Waals surface area contributed by atoms with Gasteiger partial charge in [-0.3, -0.25) is 4.79 Å². The van der Waals surface area contributed by atoms with Crippen molar-refractivity contribution < 1.29 is 18.3 Å². The first-order valence-corrected chi connectivity index (χ1v) is 6.21. The first kappa shape index (κ1) is 13.9. The number of pyridine rings is 1. The Hall–Kier alpha value is -1.56. The minimum Gasteiger partial charge on any atom is -0.384 e. The van der Waals surface area contributed by atoms with Crippen LogP contribution in [-0.2, 0) is 4.74 Å². The molecule has 1 saturated heterocycles. The molecule has 104 valence electrons. The molecule has 0 aliphatic carbocycles. The van der Waals surface area contributed by atoms with Gasteiger partial charge in [0.1, 0.15) is 0 Å². The van der Waals surface area contributed by atoms with Crippen LogP contribution in [0.25, 0.3) is 0 Å². The van der Waals surface area contributed by atoms with Crippen LogP contribution < -0.4 is 0 Å². The van der Waals surface area contributed by atoms with Crippen molar-refractivity contribution in [2.24, 2.45) is 5.92 Å². The Morgan fingerprint density at radius 1 is 1.47 bits per heavy atom. The van der Waals surface area contributed by atoms with Gasteiger partial charge in [-0.2, -0.15) is 4.39 Å². The molecule has 2 rings (SSSR count). The largest absolute Gasteiger partial charge is 0.384 e. The van der Waals surface area contributed by atoms with Crippen LogP contribution in [0.1, 0.15) is 23.2 Å². The van der Waals surface area contributed by atoms with Crippen molar-refractivity contribution >= 4 is 5.91 Å². The van der Waals surface area contributed by atoms with E-state index in [9.17, 15) is 13.6 Å². The molecule has 19 heavy (non-hydrogen) atoms. The van der Waals surface area contributed by atoms with Crippen LogP contribution in [0.15, 0.2) is 12.3 Å². The number of nitrogens with zero attached hydrogens (tertiary/aromatic N) is 2. The van der Waals surface area contributed by atoms with Crippen LogP contribution in [0.5, 0.6) is 0 Å². The summed E-state index contributed by atoms with van der Waals surface area (Å²) in [4.78, 5) is 16.8.